The molecule has 1 aromatic heterocycles. The van der Waals surface area contributed by atoms with Gasteiger partial charge in [-0.15, -0.1) is 0 Å². The van der Waals surface area contributed by atoms with Crippen molar-refractivity contribution in [1.29, 1.82) is 0 Å². The number of para-hydroxylation sites is 1. The molecule has 31 heavy (non-hydrogen) atoms. The van der Waals surface area contributed by atoms with Crippen molar-refractivity contribution in [3.05, 3.63) is 70.9 Å². The number of halogens is 1. The lowest BCUT2D eigenvalue weighted by molar-refractivity contribution is -0.139. The van der Waals surface area contributed by atoms with Crippen LogP contribution in [0.1, 0.15) is 24.0 Å². The van der Waals surface area contributed by atoms with Crippen LogP contribution in [0.3, 0.4) is 0 Å². The van der Waals surface area contributed by atoms with Gasteiger partial charge in [0.1, 0.15) is 6.04 Å². The number of rotatable bonds is 6. The minimum absolute atomic E-state index is 0.0119. The highest BCUT2D eigenvalue weighted by atomic mass is 35.5. The molecule has 1 aliphatic heterocycles. The highest BCUT2D eigenvalue weighted by Gasteiger charge is 2.34. The van der Waals surface area contributed by atoms with E-state index in [1.807, 2.05) is 36.4 Å². The lowest BCUT2D eigenvalue weighted by Gasteiger charge is -2.23. The maximum absolute atomic E-state index is 13.0. The van der Waals surface area contributed by atoms with Crippen LogP contribution < -0.4 is 11.2 Å². The van der Waals surface area contributed by atoms with Crippen LogP contribution in [-0.4, -0.2) is 39.9 Å². The standard InChI is InChI=1S/C23H23ClN4O3/c24-17-5-3-4-15(12-17)8-9-21(29)20-10-11-26-28(20)22(30)13-16-14-27(23(25)31)19-7-2-1-6-18(16)19/h1-7,12,14,20,26H,8-11,13H2,(H2,25,31). The summed E-state index contributed by atoms with van der Waals surface area (Å²) >= 11 is 6.01. The van der Waals surface area contributed by atoms with Gasteiger partial charge in [0.05, 0.1) is 11.9 Å². The number of fused-ring (bicyclic) bond motifs is 1. The van der Waals surface area contributed by atoms with Gasteiger partial charge in [-0.25, -0.2) is 10.2 Å². The summed E-state index contributed by atoms with van der Waals surface area (Å²) in [5.74, 6) is -0.205. The Morgan fingerprint density at radius 1 is 1.13 bits per heavy atom. The molecule has 2 heterocycles. The maximum atomic E-state index is 13.0. The quantitative estimate of drug-likeness (QED) is 0.618. The first kappa shape index (κ1) is 21.1. The first-order valence-corrected chi connectivity index (χ1v) is 10.5. The van der Waals surface area contributed by atoms with E-state index < -0.39 is 12.1 Å². The first-order chi connectivity index (χ1) is 14.9. The van der Waals surface area contributed by atoms with E-state index in [2.05, 4.69) is 5.43 Å². The molecule has 8 heteroatoms. The lowest BCUT2D eigenvalue weighted by atomic mass is 10.0. The molecule has 0 aliphatic carbocycles. The molecule has 1 unspecified atom stereocenters. The summed E-state index contributed by atoms with van der Waals surface area (Å²) in [5.41, 5.74) is 10.8. The maximum Gasteiger partial charge on any atom is 0.323 e. The van der Waals surface area contributed by atoms with Gasteiger partial charge in [-0.2, -0.15) is 0 Å². The van der Waals surface area contributed by atoms with Gasteiger partial charge >= 0.3 is 6.03 Å². The van der Waals surface area contributed by atoms with Gasteiger partial charge in [-0.05, 0) is 42.2 Å². The first-order valence-electron chi connectivity index (χ1n) is 10.2. The number of primary amides is 1. The Bertz CT molecular complexity index is 1160. The topological polar surface area (TPSA) is 97.4 Å². The van der Waals surface area contributed by atoms with Gasteiger partial charge in [-0.1, -0.05) is 41.9 Å². The summed E-state index contributed by atoms with van der Waals surface area (Å²) in [6, 6.07) is 13.6. The molecule has 160 valence electrons. The third-order valence-electron chi connectivity index (χ3n) is 5.57. The number of benzene rings is 2. The number of amides is 2. The van der Waals surface area contributed by atoms with Crippen molar-refractivity contribution in [3.8, 4) is 0 Å². The minimum Gasteiger partial charge on any atom is -0.351 e. The number of aromatic nitrogens is 1. The Morgan fingerprint density at radius 3 is 2.71 bits per heavy atom. The summed E-state index contributed by atoms with van der Waals surface area (Å²) in [5, 5.41) is 2.87. The number of carbonyl (C=O) groups excluding carboxylic acids is 3. The van der Waals surface area contributed by atoms with Gasteiger partial charge < -0.3 is 5.73 Å². The molecule has 1 aliphatic rings. The number of hydrogen-bond donors (Lipinski definition) is 2. The van der Waals surface area contributed by atoms with E-state index in [0.29, 0.717) is 41.9 Å². The zero-order valence-corrected chi connectivity index (χ0v) is 17.6. The summed E-state index contributed by atoms with van der Waals surface area (Å²) < 4.78 is 1.34. The van der Waals surface area contributed by atoms with Gasteiger partial charge in [0.2, 0.25) is 5.91 Å². The summed E-state index contributed by atoms with van der Waals surface area (Å²) in [4.78, 5) is 37.6. The van der Waals surface area contributed by atoms with Crippen LogP contribution >= 0.6 is 11.6 Å². The number of nitrogens with zero attached hydrogens (tertiary/aromatic N) is 2. The minimum atomic E-state index is -0.608. The predicted molar refractivity (Wildman–Crippen MR) is 119 cm³/mol. The molecule has 0 saturated carbocycles. The van der Waals surface area contributed by atoms with Crippen molar-refractivity contribution in [2.45, 2.75) is 31.7 Å². The van der Waals surface area contributed by atoms with Gasteiger partial charge in [0, 0.05) is 29.6 Å². The fraction of sp³-hybridized carbons (Fsp3) is 0.261. The molecule has 1 fully saturated rings. The molecule has 7 nitrogen and oxygen atoms in total. The third-order valence-corrected chi connectivity index (χ3v) is 5.81. The van der Waals surface area contributed by atoms with Crippen molar-refractivity contribution in [1.82, 2.24) is 15.0 Å². The molecule has 0 radical (unpaired) electrons. The van der Waals surface area contributed by atoms with Crippen molar-refractivity contribution in [2.24, 2.45) is 5.73 Å². The average Bonchev–Trinajstić information content (AvgIpc) is 3.38. The molecule has 1 saturated heterocycles. The fourth-order valence-corrected chi connectivity index (χ4v) is 4.29. The molecular formula is C23H23ClN4O3. The zero-order chi connectivity index (χ0) is 22.0. The molecule has 2 amide bonds. The van der Waals surface area contributed by atoms with Crippen LogP contribution in [0, 0.1) is 0 Å². The number of aryl methyl sites for hydroxylation is 1. The van der Waals surface area contributed by atoms with E-state index >= 15 is 0 Å². The average molecular weight is 439 g/mol. The molecule has 4 rings (SSSR count). The molecule has 3 aromatic rings. The second-order valence-corrected chi connectivity index (χ2v) is 8.07. The molecular weight excluding hydrogens is 416 g/mol. The van der Waals surface area contributed by atoms with Gasteiger partial charge in [0.25, 0.3) is 0 Å². The summed E-state index contributed by atoms with van der Waals surface area (Å²) in [7, 11) is 0. The number of ketones is 1. The van der Waals surface area contributed by atoms with Crippen molar-refractivity contribution < 1.29 is 14.4 Å². The third kappa shape index (κ3) is 4.47. The van der Waals surface area contributed by atoms with Gasteiger partial charge in [0.15, 0.2) is 5.78 Å². The smallest absolute Gasteiger partial charge is 0.323 e. The van der Waals surface area contributed by atoms with Crippen molar-refractivity contribution in [3.63, 3.8) is 0 Å². The number of nitrogens with one attached hydrogen (secondary N) is 1. The SMILES string of the molecule is NC(=O)n1cc(CC(=O)N2NCCC2C(=O)CCc2cccc(Cl)c2)c2ccccc21. The van der Waals surface area contributed by atoms with E-state index in [4.69, 9.17) is 17.3 Å². The highest BCUT2D eigenvalue weighted by molar-refractivity contribution is 6.30. The molecule has 0 bridgehead atoms. The monoisotopic (exact) mass is 438 g/mol. The second-order valence-electron chi connectivity index (χ2n) is 7.63. The number of Topliss-reactive ketones (excluding diaryl/α,β-unsaturated/α-hetero) is 1. The zero-order valence-electron chi connectivity index (χ0n) is 16.9. The largest absolute Gasteiger partial charge is 0.351 e. The number of hydrazine groups is 1. The Morgan fingerprint density at radius 2 is 1.94 bits per heavy atom. The van der Waals surface area contributed by atoms with Crippen molar-refractivity contribution >= 4 is 40.2 Å². The fourth-order valence-electron chi connectivity index (χ4n) is 4.08. The summed E-state index contributed by atoms with van der Waals surface area (Å²) in [6.07, 6.45) is 3.13. The van der Waals surface area contributed by atoms with Crippen LogP contribution in [0.5, 0.6) is 0 Å². The van der Waals surface area contributed by atoms with Crippen LogP contribution in [-0.2, 0) is 22.4 Å². The Labute approximate surface area is 184 Å². The molecule has 0 spiro atoms. The molecule has 1 atom stereocenters. The Balaban J connectivity index is 1.46. The van der Waals surface area contributed by atoms with Crippen molar-refractivity contribution in [2.75, 3.05) is 6.54 Å². The van der Waals surface area contributed by atoms with Crippen LogP contribution in [0.2, 0.25) is 5.02 Å². The van der Waals surface area contributed by atoms with Crippen LogP contribution in [0.4, 0.5) is 4.79 Å². The number of hydrogen-bond acceptors (Lipinski definition) is 4. The molecule has 3 N–H and O–H groups in total. The van der Waals surface area contributed by atoms with E-state index in [-0.39, 0.29) is 18.1 Å². The second kappa shape index (κ2) is 8.91. The Kier molecular flexibility index (Phi) is 6.06. The summed E-state index contributed by atoms with van der Waals surface area (Å²) in [6.45, 7) is 0.558. The number of carbonyl (C=O) groups is 3. The van der Waals surface area contributed by atoms with E-state index in [1.54, 1.807) is 18.3 Å². The van der Waals surface area contributed by atoms with E-state index in [9.17, 15) is 14.4 Å². The van der Waals surface area contributed by atoms with E-state index in [1.165, 1.54) is 9.58 Å². The highest BCUT2D eigenvalue weighted by Crippen LogP contribution is 2.23. The lowest BCUT2D eigenvalue weighted by Crippen LogP contribution is -2.46. The van der Waals surface area contributed by atoms with Crippen LogP contribution in [0.15, 0.2) is 54.7 Å². The predicted octanol–water partition coefficient (Wildman–Crippen LogP) is 3.07. The van der Waals surface area contributed by atoms with E-state index in [0.717, 1.165) is 10.9 Å². The molecule has 2 aromatic carbocycles. The Hall–Kier alpha value is -3.16. The van der Waals surface area contributed by atoms with Gasteiger partial charge in [-0.3, -0.25) is 19.2 Å². The normalized spacial score (nSPS) is 16.0. The number of nitrogens with two attached hydrogens (primary N) is 1. The van der Waals surface area contributed by atoms with Crippen LogP contribution in [0.25, 0.3) is 10.9 Å².